The van der Waals surface area contributed by atoms with Crippen LogP contribution < -0.4 is 15.2 Å². The van der Waals surface area contributed by atoms with Crippen molar-refractivity contribution >= 4 is 12.4 Å². The number of rotatable bonds is 5. The van der Waals surface area contributed by atoms with Crippen molar-refractivity contribution in [3.63, 3.8) is 0 Å². The van der Waals surface area contributed by atoms with Crippen LogP contribution in [-0.4, -0.2) is 23.9 Å². The molecule has 1 aromatic carbocycles. The maximum atomic E-state index is 6.21. The van der Waals surface area contributed by atoms with E-state index in [4.69, 9.17) is 19.7 Å². The zero-order chi connectivity index (χ0) is 14.9. The van der Waals surface area contributed by atoms with E-state index in [-0.39, 0.29) is 12.4 Å². The molecule has 0 bridgehead atoms. The van der Waals surface area contributed by atoms with E-state index in [2.05, 4.69) is 10.1 Å². The Kier molecular flexibility index (Phi) is 4.93. The molecule has 1 fully saturated rings. The number of aromatic nitrogens is 2. The van der Waals surface area contributed by atoms with Gasteiger partial charge < -0.3 is 19.7 Å². The maximum Gasteiger partial charge on any atom is 0.258 e. The minimum atomic E-state index is -0.420. The van der Waals surface area contributed by atoms with Crippen molar-refractivity contribution in [2.45, 2.75) is 31.7 Å². The topological polar surface area (TPSA) is 83.4 Å². The number of nitrogens with two attached hydrogens (primary N) is 1. The van der Waals surface area contributed by atoms with E-state index >= 15 is 0 Å². The van der Waals surface area contributed by atoms with Crippen molar-refractivity contribution in [3.8, 4) is 23.0 Å². The molecule has 2 N–H and O–H groups in total. The molecule has 6 nitrogen and oxygen atoms in total. The van der Waals surface area contributed by atoms with Crippen LogP contribution in [0.5, 0.6) is 11.5 Å². The Hall–Kier alpha value is -1.79. The van der Waals surface area contributed by atoms with Crippen LogP contribution in [0.4, 0.5) is 0 Å². The average molecular weight is 326 g/mol. The second-order valence-electron chi connectivity index (χ2n) is 5.23. The summed E-state index contributed by atoms with van der Waals surface area (Å²) in [5, 5.41) is 4.02. The maximum absolute atomic E-state index is 6.21. The molecule has 1 aliphatic carbocycles. The summed E-state index contributed by atoms with van der Waals surface area (Å²) in [6.07, 6.45) is 2.91. The van der Waals surface area contributed by atoms with E-state index in [9.17, 15) is 0 Å². The molecular formula is C15H20ClN3O3. The van der Waals surface area contributed by atoms with Gasteiger partial charge in [-0.2, -0.15) is 4.98 Å². The van der Waals surface area contributed by atoms with E-state index < -0.39 is 5.54 Å². The third kappa shape index (κ3) is 2.89. The van der Waals surface area contributed by atoms with Gasteiger partial charge in [0.2, 0.25) is 0 Å². The highest BCUT2D eigenvalue weighted by Crippen LogP contribution is 2.38. The number of ether oxygens (including phenoxy) is 2. The summed E-state index contributed by atoms with van der Waals surface area (Å²) in [4.78, 5) is 4.43. The number of methoxy groups -OCH3 is 1. The highest BCUT2D eigenvalue weighted by atomic mass is 35.5. The van der Waals surface area contributed by atoms with Gasteiger partial charge in [0.1, 0.15) is 0 Å². The summed E-state index contributed by atoms with van der Waals surface area (Å²) in [6, 6.07) is 5.53. The molecule has 0 spiro atoms. The van der Waals surface area contributed by atoms with E-state index in [0.717, 1.165) is 24.8 Å². The summed E-state index contributed by atoms with van der Waals surface area (Å²) in [5.74, 6) is 2.36. The third-order valence-electron chi connectivity index (χ3n) is 3.83. The normalized spacial score (nSPS) is 15.6. The molecule has 7 heteroatoms. The van der Waals surface area contributed by atoms with Gasteiger partial charge in [-0.25, -0.2) is 0 Å². The Morgan fingerprint density at radius 1 is 1.32 bits per heavy atom. The van der Waals surface area contributed by atoms with Gasteiger partial charge in [-0.05, 0) is 44.4 Å². The standard InChI is InChI=1S/C15H19N3O3.ClH/c1-3-20-11-6-5-10(9-12(11)19-2)13-17-14(18-21-13)15(16)7-4-8-15;/h5-6,9H,3-4,7-8,16H2,1-2H3;1H. The van der Waals surface area contributed by atoms with Crippen LogP contribution in [0.1, 0.15) is 32.0 Å². The van der Waals surface area contributed by atoms with Crippen LogP contribution in [0.2, 0.25) is 0 Å². The first-order chi connectivity index (χ1) is 10.2. The molecule has 1 heterocycles. The second kappa shape index (κ2) is 6.54. The van der Waals surface area contributed by atoms with Gasteiger partial charge >= 0.3 is 0 Å². The fourth-order valence-electron chi connectivity index (χ4n) is 2.40. The van der Waals surface area contributed by atoms with Gasteiger partial charge in [0.25, 0.3) is 5.89 Å². The predicted octanol–water partition coefficient (Wildman–Crippen LogP) is 2.90. The van der Waals surface area contributed by atoms with Gasteiger partial charge in [0.05, 0.1) is 19.3 Å². The molecule has 22 heavy (non-hydrogen) atoms. The van der Waals surface area contributed by atoms with Gasteiger partial charge in [-0.1, -0.05) is 5.16 Å². The second-order valence-corrected chi connectivity index (χ2v) is 5.23. The average Bonchev–Trinajstić information content (AvgIpc) is 2.95. The minimum Gasteiger partial charge on any atom is -0.493 e. The first-order valence-electron chi connectivity index (χ1n) is 7.10. The molecule has 0 atom stereocenters. The molecule has 0 saturated heterocycles. The van der Waals surface area contributed by atoms with Gasteiger partial charge in [-0.15, -0.1) is 12.4 Å². The zero-order valence-electron chi connectivity index (χ0n) is 12.7. The van der Waals surface area contributed by atoms with Crippen molar-refractivity contribution in [2.75, 3.05) is 13.7 Å². The van der Waals surface area contributed by atoms with Gasteiger partial charge in [0.15, 0.2) is 17.3 Å². The minimum absolute atomic E-state index is 0. The molecule has 2 aromatic rings. The van der Waals surface area contributed by atoms with Gasteiger partial charge in [0, 0.05) is 5.56 Å². The van der Waals surface area contributed by atoms with Crippen LogP contribution in [0.15, 0.2) is 22.7 Å². The molecule has 1 saturated carbocycles. The van der Waals surface area contributed by atoms with E-state index in [1.54, 1.807) is 7.11 Å². The number of hydrogen-bond acceptors (Lipinski definition) is 6. The summed E-state index contributed by atoms with van der Waals surface area (Å²) < 4.78 is 16.2. The van der Waals surface area contributed by atoms with Crippen molar-refractivity contribution < 1.29 is 14.0 Å². The highest BCUT2D eigenvalue weighted by Gasteiger charge is 2.39. The molecular weight excluding hydrogens is 306 g/mol. The van der Waals surface area contributed by atoms with Crippen LogP contribution in [0, 0.1) is 0 Å². The Bertz CT molecular complexity index is 641. The Morgan fingerprint density at radius 2 is 2.09 bits per heavy atom. The first kappa shape index (κ1) is 16.6. The SMILES string of the molecule is CCOc1ccc(-c2nc(C3(N)CCC3)no2)cc1OC.Cl. The quantitative estimate of drug-likeness (QED) is 0.910. The van der Waals surface area contributed by atoms with Crippen molar-refractivity contribution in [1.82, 2.24) is 10.1 Å². The number of hydrogen-bond donors (Lipinski definition) is 1. The zero-order valence-corrected chi connectivity index (χ0v) is 13.5. The molecule has 120 valence electrons. The molecule has 1 aromatic heterocycles. The summed E-state index contributed by atoms with van der Waals surface area (Å²) in [5.41, 5.74) is 6.57. The van der Waals surface area contributed by atoms with Crippen molar-refractivity contribution in [2.24, 2.45) is 5.73 Å². The van der Waals surface area contributed by atoms with Crippen LogP contribution >= 0.6 is 12.4 Å². The molecule has 3 rings (SSSR count). The molecule has 0 radical (unpaired) electrons. The Labute approximate surface area is 135 Å². The lowest BCUT2D eigenvalue weighted by atomic mass is 9.77. The molecule has 0 amide bonds. The molecule has 0 unspecified atom stereocenters. The third-order valence-corrected chi connectivity index (χ3v) is 3.83. The summed E-state index contributed by atoms with van der Waals surface area (Å²) in [7, 11) is 1.60. The Balaban J connectivity index is 0.00000176. The lowest BCUT2D eigenvalue weighted by Gasteiger charge is -2.34. The van der Waals surface area contributed by atoms with Crippen molar-refractivity contribution in [1.29, 1.82) is 0 Å². The van der Waals surface area contributed by atoms with Crippen molar-refractivity contribution in [3.05, 3.63) is 24.0 Å². The summed E-state index contributed by atoms with van der Waals surface area (Å²) >= 11 is 0. The van der Waals surface area contributed by atoms with E-state index in [1.807, 2.05) is 25.1 Å². The van der Waals surface area contributed by atoms with Crippen LogP contribution in [0.25, 0.3) is 11.5 Å². The predicted molar refractivity (Wildman–Crippen MR) is 84.4 cm³/mol. The highest BCUT2D eigenvalue weighted by molar-refractivity contribution is 5.85. The monoisotopic (exact) mass is 325 g/mol. The van der Waals surface area contributed by atoms with E-state index in [0.29, 0.717) is 29.8 Å². The van der Waals surface area contributed by atoms with Crippen LogP contribution in [0.3, 0.4) is 0 Å². The Morgan fingerprint density at radius 3 is 2.68 bits per heavy atom. The largest absolute Gasteiger partial charge is 0.493 e. The fourth-order valence-corrected chi connectivity index (χ4v) is 2.40. The molecule has 0 aliphatic heterocycles. The van der Waals surface area contributed by atoms with E-state index in [1.165, 1.54) is 0 Å². The molecule has 1 aliphatic rings. The lowest BCUT2D eigenvalue weighted by Crippen LogP contribution is -2.44. The summed E-state index contributed by atoms with van der Waals surface area (Å²) in [6.45, 7) is 2.51. The lowest BCUT2D eigenvalue weighted by molar-refractivity contribution is 0.229. The number of nitrogens with zero attached hydrogens (tertiary/aromatic N) is 2. The first-order valence-corrected chi connectivity index (χ1v) is 7.10. The fraction of sp³-hybridized carbons (Fsp3) is 0.467. The number of benzene rings is 1. The number of halogens is 1. The van der Waals surface area contributed by atoms with Gasteiger partial charge in [-0.3, -0.25) is 0 Å². The smallest absolute Gasteiger partial charge is 0.258 e. The van der Waals surface area contributed by atoms with Crippen LogP contribution in [-0.2, 0) is 5.54 Å².